The van der Waals surface area contributed by atoms with Gasteiger partial charge in [0, 0.05) is 25.2 Å². The molecule has 1 fully saturated rings. The fraction of sp³-hybridized carbons (Fsp3) is 0.333. The number of carbonyl (C=O) groups excluding carboxylic acids is 2. The molecule has 9 heteroatoms. The lowest BCUT2D eigenvalue weighted by molar-refractivity contribution is -0.124. The largest absolute Gasteiger partial charge is 0.350 e. The molecule has 0 spiro atoms. The Hall–Kier alpha value is -2.78. The Morgan fingerprint density at radius 1 is 1.27 bits per heavy atom. The number of hydrogen-bond donors (Lipinski definition) is 2. The average Bonchev–Trinajstić information content (AvgIpc) is 3.52. The molecule has 2 aromatic heterocycles. The van der Waals surface area contributed by atoms with Crippen LogP contribution in [-0.4, -0.2) is 44.6 Å². The van der Waals surface area contributed by atoms with Gasteiger partial charge in [0.15, 0.2) is 10.6 Å². The number of nitrogens with one attached hydrogen (secondary N) is 2. The SMILES string of the molecule is CC(C(=O)NCc1cccc(C(=O)N2CCCC2)c1)n1c(-c2cccs2)n[nH]c1=S. The summed E-state index contributed by atoms with van der Waals surface area (Å²) in [6.45, 7) is 3.76. The Kier molecular flexibility index (Phi) is 6.10. The maximum absolute atomic E-state index is 12.8. The van der Waals surface area contributed by atoms with E-state index >= 15 is 0 Å². The molecule has 30 heavy (non-hydrogen) atoms. The third-order valence-electron chi connectivity index (χ3n) is 5.25. The van der Waals surface area contributed by atoms with Gasteiger partial charge in [0.1, 0.15) is 6.04 Å². The number of amides is 2. The number of carbonyl (C=O) groups is 2. The van der Waals surface area contributed by atoms with Crippen molar-refractivity contribution in [3.8, 4) is 10.7 Å². The first-order valence-electron chi connectivity index (χ1n) is 9.91. The predicted octanol–water partition coefficient (Wildman–Crippen LogP) is 3.78. The lowest BCUT2D eigenvalue weighted by atomic mass is 10.1. The Bertz CT molecular complexity index is 1100. The first-order valence-corrected chi connectivity index (χ1v) is 11.2. The highest BCUT2D eigenvalue weighted by Gasteiger charge is 2.22. The first kappa shape index (κ1) is 20.5. The molecule has 1 unspecified atom stereocenters. The van der Waals surface area contributed by atoms with Crippen LogP contribution in [0.1, 0.15) is 41.7 Å². The van der Waals surface area contributed by atoms with Crippen LogP contribution in [-0.2, 0) is 11.3 Å². The van der Waals surface area contributed by atoms with E-state index in [1.165, 1.54) is 0 Å². The summed E-state index contributed by atoms with van der Waals surface area (Å²) >= 11 is 6.89. The fourth-order valence-electron chi connectivity index (χ4n) is 3.61. The van der Waals surface area contributed by atoms with Gasteiger partial charge in [0.2, 0.25) is 5.91 Å². The Balaban J connectivity index is 1.44. The van der Waals surface area contributed by atoms with E-state index in [-0.39, 0.29) is 11.8 Å². The van der Waals surface area contributed by atoms with Crippen LogP contribution in [0.15, 0.2) is 41.8 Å². The van der Waals surface area contributed by atoms with E-state index in [9.17, 15) is 9.59 Å². The van der Waals surface area contributed by atoms with E-state index in [0.717, 1.165) is 36.4 Å². The zero-order valence-electron chi connectivity index (χ0n) is 16.6. The number of thiophene rings is 1. The van der Waals surface area contributed by atoms with E-state index in [1.807, 2.05) is 46.7 Å². The van der Waals surface area contributed by atoms with Crippen molar-refractivity contribution in [3.63, 3.8) is 0 Å². The molecule has 156 valence electrons. The van der Waals surface area contributed by atoms with Crippen molar-refractivity contribution in [3.05, 3.63) is 57.7 Å². The molecule has 0 bridgehead atoms. The molecule has 3 heterocycles. The van der Waals surface area contributed by atoms with Crippen LogP contribution < -0.4 is 5.32 Å². The third kappa shape index (κ3) is 4.22. The van der Waals surface area contributed by atoms with Gasteiger partial charge in [-0.15, -0.1) is 11.3 Å². The average molecular weight is 442 g/mol. The lowest BCUT2D eigenvalue weighted by Crippen LogP contribution is -2.31. The quantitative estimate of drug-likeness (QED) is 0.570. The molecule has 1 aromatic carbocycles. The molecule has 1 aliphatic rings. The number of hydrogen-bond acceptors (Lipinski definition) is 5. The van der Waals surface area contributed by atoms with Gasteiger partial charge < -0.3 is 10.2 Å². The standard InChI is InChI=1S/C21H23N5O2S2/c1-14(26-18(23-24-21(26)29)17-8-5-11-30-17)19(27)22-13-15-6-4-7-16(12-15)20(28)25-9-2-3-10-25/h4-8,11-12,14H,2-3,9-10,13H2,1H3,(H,22,27)(H,24,29). The molecule has 2 amide bonds. The number of nitrogens with zero attached hydrogens (tertiary/aromatic N) is 3. The number of H-pyrrole nitrogens is 1. The normalized spacial score (nSPS) is 14.6. The van der Waals surface area contributed by atoms with Crippen molar-refractivity contribution in [2.75, 3.05) is 13.1 Å². The van der Waals surface area contributed by atoms with Gasteiger partial charge in [-0.1, -0.05) is 18.2 Å². The lowest BCUT2D eigenvalue weighted by Gasteiger charge is -2.17. The van der Waals surface area contributed by atoms with Gasteiger partial charge in [-0.2, -0.15) is 5.10 Å². The Labute approximate surface area is 183 Å². The van der Waals surface area contributed by atoms with Crippen LogP contribution in [0.5, 0.6) is 0 Å². The van der Waals surface area contributed by atoms with Crippen molar-refractivity contribution in [2.45, 2.75) is 32.4 Å². The minimum atomic E-state index is -0.525. The summed E-state index contributed by atoms with van der Waals surface area (Å²) in [5, 5.41) is 12.0. The van der Waals surface area contributed by atoms with Crippen LogP contribution in [0, 0.1) is 4.77 Å². The van der Waals surface area contributed by atoms with Crippen LogP contribution in [0.4, 0.5) is 0 Å². The highest BCUT2D eigenvalue weighted by molar-refractivity contribution is 7.71. The number of likely N-dealkylation sites (tertiary alicyclic amines) is 1. The summed E-state index contributed by atoms with van der Waals surface area (Å²) in [7, 11) is 0. The monoisotopic (exact) mass is 441 g/mol. The third-order valence-corrected chi connectivity index (χ3v) is 6.40. The highest BCUT2D eigenvalue weighted by Crippen LogP contribution is 2.25. The second-order valence-electron chi connectivity index (χ2n) is 7.29. The van der Waals surface area contributed by atoms with Gasteiger partial charge in [-0.25, -0.2) is 0 Å². The molecule has 0 aliphatic carbocycles. The van der Waals surface area contributed by atoms with E-state index in [1.54, 1.807) is 22.8 Å². The molecule has 1 saturated heterocycles. The maximum atomic E-state index is 12.8. The molecule has 4 rings (SSSR count). The smallest absolute Gasteiger partial charge is 0.253 e. The van der Waals surface area contributed by atoms with Crippen LogP contribution >= 0.6 is 23.6 Å². The number of aromatic nitrogens is 3. The molecule has 1 atom stereocenters. The number of aromatic amines is 1. The van der Waals surface area contributed by atoms with Crippen molar-refractivity contribution >= 4 is 35.4 Å². The molecular formula is C21H23N5O2S2. The van der Waals surface area contributed by atoms with Crippen molar-refractivity contribution in [1.29, 1.82) is 0 Å². The molecule has 0 saturated carbocycles. The van der Waals surface area contributed by atoms with Gasteiger partial charge in [0.25, 0.3) is 5.91 Å². The maximum Gasteiger partial charge on any atom is 0.253 e. The summed E-state index contributed by atoms with van der Waals surface area (Å²) in [6.07, 6.45) is 2.12. The van der Waals surface area contributed by atoms with E-state index in [4.69, 9.17) is 12.2 Å². The van der Waals surface area contributed by atoms with Gasteiger partial charge in [0.05, 0.1) is 4.88 Å². The molecule has 1 aliphatic heterocycles. The molecule has 7 nitrogen and oxygen atoms in total. The summed E-state index contributed by atoms with van der Waals surface area (Å²) in [4.78, 5) is 28.2. The van der Waals surface area contributed by atoms with E-state index in [2.05, 4.69) is 15.5 Å². The van der Waals surface area contributed by atoms with Crippen molar-refractivity contribution in [2.24, 2.45) is 0 Å². The van der Waals surface area contributed by atoms with Gasteiger partial charge in [-0.3, -0.25) is 19.3 Å². The Morgan fingerprint density at radius 2 is 2.07 bits per heavy atom. The predicted molar refractivity (Wildman–Crippen MR) is 119 cm³/mol. The first-order chi connectivity index (χ1) is 14.5. The molecule has 0 radical (unpaired) electrons. The summed E-state index contributed by atoms with van der Waals surface area (Å²) in [5.41, 5.74) is 1.55. The van der Waals surface area contributed by atoms with Crippen molar-refractivity contribution in [1.82, 2.24) is 25.0 Å². The van der Waals surface area contributed by atoms with Crippen LogP contribution in [0.25, 0.3) is 10.7 Å². The minimum Gasteiger partial charge on any atom is -0.350 e. The van der Waals surface area contributed by atoms with E-state index < -0.39 is 6.04 Å². The molecular weight excluding hydrogens is 418 g/mol. The minimum absolute atomic E-state index is 0.0549. The number of rotatable bonds is 6. The fourth-order valence-corrected chi connectivity index (χ4v) is 4.62. The number of benzene rings is 1. The highest BCUT2D eigenvalue weighted by atomic mass is 32.1. The molecule has 2 N–H and O–H groups in total. The summed E-state index contributed by atoms with van der Waals surface area (Å²) < 4.78 is 2.13. The van der Waals surface area contributed by atoms with Gasteiger partial charge in [-0.05, 0) is 61.1 Å². The van der Waals surface area contributed by atoms with Crippen molar-refractivity contribution < 1.29 is 9.59 Å². The van der Waals surface area contributed by atoms with Crippen LogP contribution in [0.3, 0.4) is 0 Å². The molecule has 3 aromatic rings. The van der Waals surface area contributed by atoms with Gasteiger partial charge >= 0.3 is 0 Å². The topological polar surface area (TPSA) is 83.0 Å². The zero-order chi connectivity index (χ0) is 21.1. The Morgan fingerprint density at radius 3 is 2.80 bits per heavy atom. The van der Waals surface area contributed by atoms with Crippen LogP contribution in [0.2, 0.25) is 0 Å². The summed E-state index contributed by atoms with van der Waals surface area (Å²) in [5.74, 6) is 0.539. The second-order valence-corrected chi connectivity index (χ2v) is 8.63. The summed E-state index contributed by atoms with van der Waals surface area (Å²) in [6, 6.07) is 10.8. The van der Waals surface area contributed by atoms with E-state index in [0.29, 0.717) is 22.7 Å². The zero-order valence-corrected chi connectivity index (χ0v) is 18.3. The second kappa shape index (κ2) is 8.93.